The van der Waals surface area contributed by atoms with Crippen LogP contribution in [0.25, 0.3) is 0 Å². The van der Waals surface area contributed by atoms with Crippen molar-refractivity contribution in [2.45, 2.75) is 92.3 Å². The van der Waals surface area contributed by atoms with Gasteiger partial charge in [0.2, 0.25) is 0 Å². The highest BCUT2D eigenvalue weighted by atomic mass is 16.5. The van der Waals surface area contributed by atoms with Crippen LogP contribution in [0.5, 0.6) is 0 Å². The summed E-state index contributed by atoms with van der Waals surface area (Å²) in [5.74, 6) is 3.29. The summed E-state index contributed by atoms with van der Waals surface area (Å²) in [6, 6.07) is 0. The summed E-state index contributed by atoms with van der Waals surface area (Å²) in [7, 11) is 0. The largest absolute Gasteiger partial charge is 0.497 e. The minimum absolute atomic E-state index is 0.00141. The van der Waals surface area contributed by atoms with Crippen LogP contribution in [0.15, 0.2) is 34.6 Å². The zero-order valence-electron chi connectivity index (χ0n) is 22.8. The molecule has 0 N–H and O–H groups in total. The van der Waals surface area contributed by atoms with Gasteiger partial charge in [-0.2, -0.15) is 0 Å². The molecule has 36 heavy (non-hydrogen) atoms. The molecule has 2 fully saturated rings. The van der Waals surface area contributed by atoms with Gasteiger partial charge in [0.05, 0.1) is 6.61 Å². The number of fused-ring (bicyclic) bond motifs is 5. The summed E-state index contributed by atoms with van der Waals surface area (Å²) in [5, 5.41) is 0. The Morgan fingerprint density at radius 3 is 2.56 bits per heavy atom. The molecule has 0 aromatic carbocycles. The molecular weight excluding hydrogens is 452 g/mol. The van der Waals surface area contributed by atoms with Crippen LogP contribution in [0.4, 0.5) is 0 Å². The van der Waals surface area contributed by atoms with Gasteiger partial charge in [-0.3, -0.25) is 9.59 Å². The highest BCUT2D eigenvalue weighted by molar-refractivity contribution is 5.66. The molecule has 0 amide bonds. The molecular formula is C31H42O5. The van der Waals surface area contributed by atoms with Gasteiger partial charge in [-0.1, -0.05) is 45.4 Å². The molecule has 6 rings (SSSR count). The van der Waals surface area contributed by atoms with Crippen LogP contribution in [0.2, 0.25) is 0 Å². The predicted molar refractivity (Wildman–Crippen MR) is 136 cm³/mol. The van der Waals surface area contributed by atoms with E-state index in [0.717, 1.165) is 50.9 Å². The average Bonchev–Trinajstić information content (AvgIpc) is 3.09. The van der Waals surface area contributed by atoms with E-state index in [1.54, 1.807) is 6.92 Å². The molecule has 5 aliphatic carbocycles. The standard InChI is InChI=1S/C31H42O5/c1-16-11-23-25-13-24-22(8-7-20-12-21(35-18(3)32)9-10-30(20,24)5)26-14-27(36-19(4)33)28(31(25,26)6)17(2)29(23)34-15-16/h7,13,16-17,21-22,24,26-28H,8-12,14-15H2,1-6H3/t16-,17+,21+,22-,24+,26+,27+,28+,30+,31+/m1/s1. The molecule has 0 aromatic heterocycles. The zero-order valence-corrected chi connectivity index (χ0v) is 22.8. The van der Waals surface area contributed by atoms with Gasteiger partial charge in [0.15, 0.2) is 0 Å². The first-order valence-corrected chi connectivity index (χ1v) is 14.2. The molecule has 6 aliphatic rings. The highest BCUT2D eigenvalue weighted by Crippen LogP contribution is 2.71. The number of hydrogen-bond acceptors (Lipinski definition) is 5. The summed E-state index contributed by atoms with van der Waals surface area (Å²) in [6.07, 6.45) is 11.0. The molecule has 0 aromatic rings. The van der Waals surface area contributed by atoms with Crippen molar-refractivity contribution < 1.29 is 23.8 Å². The Balaban J connectivity index is 1.46. The van der Waals surface area contributed by atoms with Crippen molar-refractivity contribution >= 4 is 11.9 Å². The third-order valence-corrected chi connectivity index (χ3v) is 11.1. The maximum Gasteiger partial charge on any atom is 0.302 e. The summed E-state index contributed by atoms with van der Waals surface area (Å²) in [4.78, 5) is 23.9. The van der Waals surface area contributed by atoms with E-state index < -0.39 is 0 Å². The first kappa shape index (κ1) is 24.3. The fourth-order valence-electron chi connectivity index (χ4n) is 9.73. The number of hydrogen-bond donors (Lipinski definition) is 0. The van der Waals surface area contributed by atoms with Crippen LogP contribution in [0.3, 0.4) is 0 Å². The molecule has 196 valence electrons. The van der Waals surface area contributed by atoms with Gasteiger partial charge in [0.25, 0.3) is 0 Å². The Morgan fingerprint density at radius 2 is 1.83 bits per heavy atom. The van der Waals surface area contributed by atoms with Crippen LogP contribution in [-0.2, 0) is 23.8 Å². The van der Waals surface area contributed by atoms with E-state index in [1.807, 2.05) is 0 Å². The van der Waals surface area contributed by atoms with Crippen molar-refractivity contribution in [2.24, 2.45) is 46.3 Å². The minimum Gasteiger partial charge on any atom is -0.497 e. The van der Waals surface area contributed by atoms with E-state index in [9.17, 15) is 9.59 Å². The SMILES string of the molecule is CC(=O)O[C@H]1CC[C@@]2(C)C(=CC[C@H]3[C@@H]4C[C@H](OC(C)=O)[C@@H]5[C@H](C)C6=C(C[C@@H](C)CO6)C(=C[C@@H]32)[C@]54C)C1. The predicted octanol–water partition coefficient (Wildman–Crippen LogP) is 6.15. The second-order valence-electron chi connectivity index (χ2n) is 13.2. The number of ether oxygens (including phenoxy) is 3. The second-order valence-corrected chi connectivity index (χ2v) is 13.2. The number of carbonyl (C=O) groups is 2. The fraction of sp³-hybridized carbons (Fsp3) is 0.742. The first-order chi connectivity index (χ1) is 17.0. The molecule has 0 spiro atoms. The summed E-state index contributed by atoms with van der Waals surface area (Å²) in [5.41, 5.74) is 4.49. The van der Waals surface area contributed by atoms with E-state index in [0.29, 0.717) is 23.7 Å². The lowest BCUT2D eigenvalue weighted by atomic mass is 9.45. The molecule has 5 heteroatoms. The Hall–Kier alpha value is -2.04. The van der Waals surface area contributed by atoms with Gasteiger partial charge in [-0.05, 0) is 72.3 Å². The summed E-state index contributed by atoms with van der Waals surface area (Å²) >= 11 is 0. The molecule has 5 nitrogen and oxygen atoms in total. The molecule has 2 saturated carbocycles. The van der Waals surface area contributed by atoms with E-state index in [-0.39, 0.29) is 46.8 Å². The average molecular weight is 495 g/mol. The number of allylic oxidation sites excluding steroid dienone is 5. The van der Waals surface area contributed by atoms with Crippen molar-refractivity contribution in [3.05, 3.63) is 34.6 Å². The van der Waals surface area contributed by atoms with Gasteiger partial charge in [0.1, 0.15) is 18.0 Å². The quantitative estimate of drug-likeness (QED) is 0.341. The third-order valence-electron chi connectivity index (χ3n) is 11.1. The Labute approximate surface area is 215 Å². The van der Waals surface area contributed by atoms with Crippen LogP contribution in [-0.4, -0.2) is 30.8 Å². The van der Waals surface area contributed by atoms with Crippen LogP contribution < -0.4 is 0 Å². The van der Waals surface area contributed by atoms with Crippen molar-refractivity contribution in [1.82, 2.24) is 0 Å². The van der Waals surface area contributed by atoms with Crippen molar-refractivity contribution in [2.75, 3.05) is 6.61 Å². The molecule has 1 heterocycles. The molecule has 0 radical (unpaired) electrons. The second kappa shape index (κ2) is 8.23. The summed E-state index contributed by atoms with van der Waals surface area (Å²) in [6.45, 7) is 13.4. The smallest absolute Gasteiger partial charge is 0.302 e. The zero-order chi connectivity index (χ0) is 25.6. The maximum absolute atomic E-state index is 12.2. The third kappa shape index (κ3) is 3.33. The van der Waals surface area contributed by atoms with E-state index >= 15 is 0 Å². The van der Waals surface area contributed by atoms with Crippen LogP contribution in [0, 0.1) is 46.3 Å². The molecule has 1 aliphatic heterocycles. The Morgan fingerprint density at radius 1 is 1.08 bits per heavy atom. The van der Waals surface area contributed by atoms with E-state index in [1.165, 1.54) is 23.6 Å². The number of rotatable bonds is 2. The lowest BCUT2D eigenvalue weighted by molar-refractivity contribution is -0.150. The van der Waals surface area contributed by atoms with Gasteiger partial charge >= 0.3 is 11.9 Å². The lowest BCUT2D eigenvalue weighted by Gasteiger charge is -2.59. The van der Waals surface area contributed by atoms with Crippen LogP contribution in [0.1, 0.15) is 80.1 Å². The fourth-order valence-corrected chi connectivity index (χ4v) is 9.73. The van der Waals surface area contributed by atoms with Gasteiger partial charge in [-0.25, -0.2) is 0 Å². The molecule has 10 atom stereocenters. The van der Waals surface area contributed by atoms with Crippen molar-refractivity contribution in [3.63, 3.8) is 0 Å². The molecule has 0 saturated heterocycles. The topological polar surface area (TPSA) is 61.8 Å². The number of esters is 2. The van der Waals surface area contributed by atoms with Gasteiger partial charge in [0, 0.05) is 37.5 Å². The van der Waals surface area contributed by atoms with E-state index in [4.69, 9.17) is 14.2 Å². The molecule has 0 unspecified atom stereocenters. The summed E-state index contributed by atoms with van der Waals surface area (Å²) < 4.78 is 18.2. The van der Waals surface area contributed by atoms with Crippen molar-refractivity contribution in [3.8, 4) is 0 Å². The highest BCUT2D eigenvalue weighted by Gasteiger charge is 2.66. The number of carbonyl (C=O) groups excluding carboxylic acids is 2. The van der Waals surface area contributed by atoms with Gasteiger partial charge in [-0.15, -0.1) is 0 Å². The maximum atomic E-state index is 12.2. The normalized spacial score (nSPS) is 46.7. The lowest BCUT2D eigenvalue weighted by Crippen LogP contribution is -2.53. The van der Waals surface area contributed by atoms with Crippen molar-refractivity contribution in [1.29, 1.82) is 0 Å². The van der Waals surface area contributed by atoms with Crippen LogP contribution >= 0.6 is 0 Å². The van der Waals surface area contributed by atoms with E-state index in [2.05, 4.69) is 39.8 Å². The Kier molecular flexibility index (Phi) is 5.56. The molecule has 0 bridgehead atoms. The first-order valence-electron chi connectivity index (χ1n) is 14.2. The van der Waals surface area contributed by atoms with Gasteiger partial charge < -0.3 is 14.2 Å². The monoisotopic (exact) mass is 494 g/mol. The minimum atomic E-state index is -0.177. The Bertz CT molecular complexity index is 1080.